The van der Waals surface area contributed by atoms with Gasteiger partial charge in [0.25, 0.3) is 5.91 Å². The predicted molar refractivity (Wildman–Crippen MR) is 90.5 cm³/mol. The van der Waals surface area contributed by atoms with Crippen LogP contribution in [0, 0.1) is 6.92 Å². The zero-order valence-electron chi connectivity index (χ0n) is 12.2. The van der Waals surface area contributed by atoms with Gasteiger partial charge in [-0.1, -0.05) is 18.5 Å². The molecule has 2 aromatic rings. The quantitative estimate of drug-likeness (QED) is 0.824. The Morgan fingerprint density at radius 1 is 1.33 bits per heavy atom. The third-order valence-corrected chi connectivity index (χ3v) is 4.43. The first-order valence-corrected chi connectivity index (χ1v) is 8.22. The zero-order valence-corrected chi connectivity index (χ0v) is 13.8. The van der Waals surface area contributed by atoms with E-state index in [4.69, 9.17) is 11.6 Å². The van der Waals surface area contributed by atoms with Crippen LogP contribution in [0.15, 0.2) is 29.6 Å². The maximum Gasteiger partial charge on any atom is 0.253 e. The summed E-state index contributed by atoms with van der Waals surface area (Å²) in [5.74, 6) is -0.107. The molecule has 21 heavy (non-hydrogen) atoms. The fourth-order valence-electron chi connectivity index (χ4n) is 1.96. The molecule has 3 nitrogen and oxygen atoms in total. The Kier molecular flexibility index (Phi) is 5.65. The fraction of sp³-hybridized carbons (Fsp3) is 0.312. The lowest BCUT2D eigenvalue weighted by molar-refractivity contribution is 0.0952. The van der Waals surface area contributed by atoms with Gasteiger partial charge in [0.1, 0.15) is 0 Å². The number of aryl methyl sites for hydroxylation is 1. The van der Waals surface area contributed by atoms with Crippen molar-refractivity contribution in [1.29, 1.82) is 0 Å². The summed E-state index contributed by atoms with van der Waals surface area (Å²) in [6.07, 6.45) is 0.998. The molecule has 0 spiro atoms. The van der Waals surface area contributed by atoms with E-state index in [1.54, 1.807) is 23.5 Å². The SMILES string of the molecule is CCCNc1ccc(Cl)cc1C(=O)NCc1sccc1C. The Hall–Kier alpha value is -1.52. The third kappa shape index (κ3) is 4.22. The van der Waals surface area contributed by atoms with Crippen LogP contribution in [-0.2, 0) is 6.54 Å². The fourth-order valence-corrected chi connectivity index (χ4v) is 2.98. The minimum absolute atomic E-state index is 0.107. The van der Waals surface area contributed by atoms with E-state index in [0.717, 1.165) is 18.7 Å². The van der Waals surface area contributed by atoms with E-state index in [-0.39, 0.29) is 5.91 Å². The molecule has 0 bridgehead atoms. The number of hydrogen-bond acceptors (Lipinski definition) is 3. The number of anilines is 1. The topological polar surface area (TPSA) is 41.1 Å². The lowest BCUT2D eigenvalue weighted by atomic mass is 10.1. The van der Waals surface area contributed by atoms with Crippen molar-refractivity contribution in [3.05, 3.63) is 50.7 Å². The molecule has 2 N–H and O–H groups in total. The van der Waals surface area contributed by atoms with Crippen LogP contribution >= 0.6 is 22.9 Å². The van der Waals surface area contributed by atoms with E-state index < -0.39 is 0 Å². The second-order valence-electron chi connectivity index (χ2n) is 4.83. The first-order chi connectivity index (χ1) is 10.1. The monoisotopic (exact) mass is 322 g/mol. The molecule has 112 valence electrons. The molecule has 0 unspecified atom stereocenters. The normalized spacial score (nSPS) is 10.4. The highest BCUT2D eigenvalue weighted by molar-refractivity contribution is 7.10. The van der Waals surface area contributed by atoms with Gasteiger partial charge in [0.05, 0.1) is 12.1 Å². The van der Waals surface area contributed by atoms with Crippen LogP contribution in [-0.4, -0.2) is 12.5 Å². The molecule has 1 amide bonds. The predicted octanol–water partition coefficient (Wildman–Crippen LogP) is 4.46. The van der Waals surface area contributed by atoms with Gasteiger partial charge >= 0.3 is 0 Å². The highest BCUT2D eigenvalue weighted by Crippen LogP contribution is 2.21. The molecular weight excluding hydrogens is 304 g/mol. The van der Waals surface area contributed by atoms with Crippen molar-refractivity contribution < 1.29 is 4.79 Å². The summed E-state index contributed by atoms with van der Waals surface area (Å²) in [6.45, 7) is 5.50. The van der Waals surface area contributed by atoms with E-state index in [1.165, 1.54) is 10.4 Å². The lowest BCUT2D eigenvalue weighted by Gasteiger charge is -2.12. The number of thiophene rings is 1. The van der Waals surface area contributed by atoms with Gasteiger partial charge in [0, 0.05) is 22.1 Å². The molecule has 5 heteroatoms. The van der Waals surface area contributed by atoms with Crippen LogP contribution in [0.5, 0.6) is 0 Å². The first kappa shape index (κ1) is 15.9. The maximum atomic E-state index is 12.4. The Labute approximate surface area is 134 Å². The van der Waals surface area contributed by atoms with E-state index in [1.807, 2.05) is 18.4 Å². The van der Waals surface area contributed by atoms with E-state index in [9.17, 15) is 4.79 Å². The van der Waals surface area contributed by atoms with Crippen molar-refractivity contribution >= 4 is 34.5 Å². The van der Waals surface area contributed by atoms with Crippen LogP contribution in [0.4, 0.5) is 5.69 Å². The molecule has 1 heterocycles. The Balaban J connectivity index is 2.10. The average Bonchev–Trinajstić information content (AvgIpc) is 2.88. The Morgan fingerprint density at radius 3 is 2.81 bits per heavy atom. The molecule has 0 aliphatic rings. The van der Waals surface area contributed by atoms with Crippen molar-refractivity contribution in [3.63, 3.8) is 0 Å². The summed E-state index contributed by atoms with van der Waals surface area (Å²) in [5.41, 5.74) is 2.61. The van der Waals surface area contributed by atoms with Gasteiger partial charge in [-0.15, -0.1) is 11.3 Å². The molecule has 0 saturated heterocycles. The van der Waals surface area contributed by atoms with Gasteiger partial charge in [0.2, 0.25) is 0 Å². The van der Waals surface area contributed by atoms with Gasteiger partial charge in [-0.3, -0.25) is 4.79 Å². The summed E-state index contributed by atoms with van der Waals surface area (Å²) in [5, 5.41) is 8.81. The van der Waals surface area contributed by atoms with E-state index in [2.05, 4.69) is 23.6 Å². The summed E-state index contributed by atoms with van der Waals surface area (Å²) in [7, 11) is 0. The summed E-state index contributed by atoms with van der Waals surface area (Å²) < 4.78 is 0. The molecule has 0 radical (unpaired) electrons. The van der Waals surface area contributed by atoms with E-state index in [0.29, 0.717) is 17.1 Å². The summed E-state index contributed by atoms with van der Waals surface area (Å²) in [4.78, 5) is 13.6. The maximum absolute atomic E-state index is 12.4. The largest absolute Gasteiger partial charge is 0.384 e. The number of nitrogens with one attached hydrogen (secondary N) is 2. The molecule has 0 atom stereocenters. The number of carbonyl (C=O) groups is 1. The van der Waals surface area contributed by atoms with Gasteiger partial charge in [0.15, 0.2) is 0 Å². The van der Waals surface area contributed by atoms with Gasteiger partial charge in [-0.25, -0.2) is 0 Å². The molecule has 1 aromatic carbocycles. The third-order valence-electron chi connectivity index (χ3n) is 3.17. The van der Waals surface area contributed by atoms with E-state index >= 15 is 0 Å². The minimum Gasteiger partial charge on any atom is -0.384 e. The minimum atomic E-state index is -0.107. The molecule has 0 aliphatic heterocycles. The Morgan fingerprint density at radius 2 is 2.14 bits per heavy atom. The number of rotatable bonds is 6. The summed E-state index contributed by atoms with van der Waals surface area (Å²) in [6, 6.07) is 7.40. The van der Waals surface area contributed by atoms with Crippen molar-refractivity contribution in [3.8, 4) is 0 Å². The average molecular weight is 323 g/mol. The number of benzene rings is 1. The first-order valence-electron chi connectivity index (χ1n) is 6.96. The summed E-state index contributed by atoms with van der Waals surface area (Å²) >= 11 is 7.67. The van der Waals surface area contributed by atoms with Crippen molar-refractivity contribution in [2.24, 2.45) is 0 Å². The van der Waals surface area contributed by atoms with Crippen molar-refractivity contribution in [2.45, 2.75) is 26.8 Å². The highest BCUT2D eigenvalue weighted by atomic mass is 35.5. The molecule has 1 aromatic heterocycles. The Bertz CT molecular complexity index is 624. The van der Waals surface area contributed by atoms with Crippen LogP contribution in [0.3, 0.4) is 0 Å². The van der Waals surface area contributed by atoms with Gasteiger partial charge in [-0.2, -0.15) is 0 Å². The zero-order chi connectivity index (χ0) is 15.2. The van der Waals surface area contributed by atoms with Crippen LogP contribution in [0.25, 0.3) is 0 Å². The van der Waals surface area contributed by atoms with Crippen LogP contribution in [0.1, 0.15) is 34.1 Å². The second kappa shape index (κ2) is 7.48. The highest BCUT2D eigenvalue weighted by Gasteiger charge is 2.12. The number of carbonyl (C=O) groups excluding carboxylic acids is 1. The van der Waals surface area contributed by atoms with Crippen molar-refractivity contribution in [1.82, 2.24) is 5.32 Å². The molecule has 0 fully saturated rings. The second-order valence-corrected chi connectivity index (χ2v) is 6.26. The lowest BCUT2D eigenvalue weighted by Crippen LogP contribution is -2.24. The van der Waals surface area contributed by atoms with Crippen LogP contribution < -0.4 is 10.6 Å². The van der Waals surface area contributed by atoms with Gasteiger partial charge < -0.3 is 10.6 Å². The molecule has 0 saturated carbocycles. The smallest absolute Gasteiger partial charge is 0.253 e. The number of hydrogen-bond donors (Lipinski definition) is 2. The van der Waals surface area contributed by atoms with Gasteiger partial charge in [-0.05, 0) is 48.6 Å². The standard InChI is InChI=1S/C16H19ClN2OS/c1-3-7-18-14-5-4-12(17)9-13(14)16(20)19-10-15-11(2)6-8-21-15/h4-6,8-9,18H,3,7,10H2,1-2H3,(H,19,20). The van der Waals surface area contributed by atoms with Crippen molar-refractivity contribution in [2.75, 3.05) is 11.9 Å². The molecule has 2 rings (SSSR count). The van der Waals surface area contributed by atoms with Crippen LogP contribution in [0.2, 0.25) is 5.02 Å². The molecular formula is C16H19ClN2OS. The number of amides is 1. The number of halogens is 1. The molecule has 0 aliphatic carbocycles.